The molecule has 0 fully saturated rings. The number of rotatable bonds is 2. The van der Waals surface area contributed by atoms with Gasteiger partial charge in [0.2, 0.25) is 0 Å². The Morgan fingerprint density at radius 3 is 2.56 bits per heavy atom. The van der Waals surface area contributed by atoms with Gasteiger partial charge in [-0.25, -0.2) is 0 Å². The fourth-order valence-corrected chi connectivity index (χ4v) is 2.50. The lowest BCUT2D eigenvalue weighted by Crippen LogP contribution is -2.15. The maximum atomic E-state index is 6.06. The Morgan fingerprint density at radius 1 is 1.12 bits per heavy atom. The van der Waals surface area contributed by atoms with Crippen LogP contribution in [0.25, 0.3) is 0 Å². The molecule has 6 heteroatoms. The number of pyridine rings is 1. The summed E-state index contributed by atoms with van der Waals surface area (Å²) in [5.74, 6) is 0. The number of hydrogen-bond acceptors (Lipinski definition) is 4. The number of nitrogens with zero attached hydrogens (tertiary/aromatic N) is 3. The highest BCUT2D eigenvalue weighted by molar-refractivity contribution is 9.11. The van der Waals surface area contributed by atoms with E-state index in [0.717, 1.165) is 14.6 Å². The maximum absolute atomic E-state index is 6.06. The monoisotopic (exact) mass is 342 g/mol. The molecule has 2 rings (SSSR count). The van der Waals surface area contributed by atoms with Gasteiger partial charge in [-0.3, -0.25) is 15.0 Å². The largest absolute Gasteiger partial charge is 0.318 e. The van der Waals surface area contributed by atoms with E-state index < -0.39 is 0 Å². The SMILES string of the molecule is NC(c1cnccn1)c1ncc(Br)cc1Br. The third-order valence-corrected chi connectivity index (χ3v) is 3.10. The fourth-order valence-electron chi connectivity index (χ4n) is 1.27. The van der Waals surface area contributed by atoms with Gasteiger partial charge in [0.15, 0.2) is 0 Å². The molecule has 2 heterocycles. The van der Waals surface area contributed by atoms with Crippen molar-refractivity contribution in [3.8, 4) is 0 Å². The molecule has 0 aromatic carbocycles. The van der Waals surface area contributed by atoms with E-state index in [2.05, 4.69) is 46.8 Å². The lowest BCUT2D eigenvalue weighted by molar-refractivity contribution is 0.780. The van der Waals surface area contributed by atoms with Crippen molar-refractivity contribution in [3.05, 3.63) is 51.2 Å². The van der Waals surface area contributed by atoms with E-state index in [1.54, 1.807) is 24.8 Å². The molecule has 2 aromatic heterocycles. The first-order valence-corrected chi connectivity index (χ1v) is 6.09. The predicted molar refractivity (Wildman–Crippen MR) is 67.7 cm³/mol. The molecular weight excluding hydrogens is 336 g/mol. The Kier molecular flexibility index (Phi) is 3.63. The average Bonchev–Trinajstić information content (AvgIpc) is 2.29. The highest BCUT2D eigenvalue weighted by Crippen LogP contribution is 2.25. The normalized spacial score (nSPS) is 12.4. The molecular formula is C10H8Br2N4. The van der Waals surface area contributed by atoms with Gasteiger partial charge in [0.25, 0.3) is 0 Å². The molecule has 0 bridgehead atoms. The van der Waals surface area contributed by atoms with Crippen LogP contribution >= 0.6 is 31.9 Å². The molecule has 1 unspecified atom stereocenters. The number of hydrogen-bond donors (Lipinski definition) is 1. The van der Waals surface area contributed by atoms with Crippen molar-refractivity contribution in [2.45, 2.75) is 6.04 Å². The van der Waals surface area contributed by atoms with Gasteiger partial charge in [0.05, 0.1) is 23.6 Å². The van der Waals surface area contributed by atoms with E-state index in [-0.39, 0.29) is 6.04 Å². The highest BCUT2D eigenvalue weighted by atomic mass is 79.9. The smallest absolute Gasteiger partial charge is 0.0927 e. The van der Waals surface area contributed by atoms with Crippen molar-refractivity contribution in [1.82, 2.24) is 15.0 Å². The Hall–Kier alpha value is -0.850. The zero-order valence-electron chi connectivity index (χ0n) is 8.14. The van der Waals surface area contributed by atoms with E-state index in [0.29, 0.717) is 5.69 Å². The predicted octanol–water partition coefficient (Wildman–Crippen LogP) is 2.44. The summed E-state index contributed by atoms with van der Waals surface area (Å²) in [6.45, 7) is 0. The lowest BCUT2D eigenvalue weighted by Gasteiger charge is -2.11. The van der Waals surface area contributed by atoms with Crippen LogP contribution < -0.4 is 5.73 Å². The van der Waals surface area contributed by atoms with Crippen LogP contribution in [0.4, 0.5) is 0 Å². The van der Waals surface area contributed by atoms with E-state index in [1.807, 2.05) is 6.07 Å². The summed E-state index contributed by atoms with van der Waals surface area (Å²) in [4.78, 5) is 12.4. The Bertz CT molecular complexity index is 489. The summed E-state index contributed by atoms with van der Waals surface area (Å²) in [6, 6.07) is 1.52. The van der Waals surface area contributed by atoms with Crippen molar-refractivity contribution in [2.75, 3.05) is 0 Å². The molecule has 2 N–H and O–H groups in total. The van der Waals surface area contributed by atoms with Gasteiger partial charge in [-0.2, -0.15) is 0 Å². The summed E-state index contributed by atoms with van der Waals surface area (Å²) in [6.07, 6.45) is 6.57. The van der Waals surface area contributed by atoms with Crippen LogP contribution in [0.3, 0.4) is 0 Å². The molecule has 0 aliphatic rings. The Balaban J connectivity index is 2.38. The van der Waals surface area contributed by atoms with E-state index >= 15 is 0 Å². The van der Waals surface area contributed by atoms with Crippen LogP contribution in [0, 0.1) is 0 Å². The molecule has 82 valence electrons. The van der Waals surface area contributed by atoms with Crippen molar-refractivity contribution < 1.29 is 0 Å². The first kappa shape index (κ1) is 11.6. The molecule has 0 saturated carbocycles. The molecule has 4 nitrogen and oxygen atoms in total. The van der Waals surface area contributed by atoms with Gasteiger partial charge in [-0.1, -0.05) is 0 Å². The molecule has 0 saturated heterocycles. The van der Waals surface area contributed by atoms with Gasteiger partial charge in [0, 0.05) is 27.5 Å². The molecule has 0 aliphatic heterocycles. The maximum Gasteiger partial charge on any atom is 0.0927 e. The zero-order chi connectivity index (χ0) is 11.5. The van der Waals surface area contributed by atoms with Gasteiger partial charge >= 0.3 is 0 Å². The highest BCUT2D eigenvalue weighted by Gasteiger charge is 2.15. The first-order chi connectivity index (χ1) is 7.68. The second-order valence-corrected chi connectivity index (χ2v) is 4.90. The molecule has 0 amide bonds. The fraction of sp³-hybridized carbons (Fsp3) is 0.100. The summed E-state index contributed by atoms with van der Waals surface area (Å²) in [5, 5.41) is 0. The second-order valence-electron chi connectivity index (χ2n) is 3.13. The van der Waals surface area contributed by atoms with Gasteiger partial charge in [-0.05, 0) is 37.9 Å². The topological polar surface area (TPSA) is 64.7 Å². The van der Waals surface area contributed by atoms with Gasteiger partial charge in [-0.15, -0.1) is 0 Å². The molecule has 0 spiro atoms. The molecule has 0 aliphatic carbocycles. The van der Waals surface area contributed by atoms with E-state index in [9.17, 15) is 0 Å². The number of aromatic nitrogens is 3. The average molecular weight is 344 g/mol. The third kappa shape index (κ3) is 2.45. The van der Waals surface area contributed by atoms with E-state index in [4.69, 9.17) is 5.73 Å². The number of halogens is 2. The second kappa shape index (κ2) is 4.99. The standard InChI is InChI=1S/C10H8Br2N4/c11-6-3-7(12)10(16-4-6)9(13)8-5-14-1-2-15-8/h1-5,9H,13H2. The van der Waals surface area contributed by atoms with Crippen LogP contribution in [0.5, 0.6) is 0 Å². The Morgan fingerprint density at radius 2 is 1.94 bits per heavy atom. The summed E-state index contributed by atoms with van der Waals surface area (Å²) >= 11 is 6.76. The van der Waals surface area contributed by atoms with Crippen LogP contribution in [0.2, 0.25) is 0 Å². The minimum Gasteiger partial charge on any atom is -0.318 e. The molecule has 1 atom stereocenters. The minimum absolute atomic E-state index is 0.379. The minimum atomic E-state index is -0.379. The van der Waals surface area contributed by atoms with Gasteiger partial charge in [0.1, 0.15) is 0 Å². The zero-order valence-corrected chi connectivity index (χ0v) is 11.3. The Labute approximate surface area is 110 Å². The summed E-state index contributed by atoms with van der Waals surface area (Å²) in [5.41, 5.74) is 7.49. The quantitative estimate of drug-likeness (QED) is 0.909. The van der Waals surface area contributed by atoms with Crippen molar-refractivity contribution >= 4 is 31.9 Å². The van der Waals surface area contributed by atoms with Crippen LogP contribution in [0.15, 0.2) is 39.8 Å². The molecule has 0 radical (unpaired) electrons. The van der Waals surface area contributed by atoms with Crippen molar-refractivity contribution in [2.24, 2.45) is 5.73 Å². The molecule has 2 aromatic rings. The number of nitrogens with two attached hydrogens (primary N) is 1. The first-order valence-electron chi connectivity index (χ1n) is 4.51. The summed E-state index contributed by atoms with van der Waals surface area (Å²) in [7, 11) is 0. The lowest BCUT2D eigenvalue weighted by atomic mass is 10.1. The van der Waals surface area contributed by atoms with Crippen LogP contribution in [-0.4, -0.2) is 15.0 Å². The third-order valence-electron chi connectivity index (χ3n) is 2.03. The molecule has 16 heavy (non-hydrogen) atoms. The van der Waals surface area contributed by atoms with E-state index in [1.165, 1.54) is 0 Å². The van der Waals surface area contributed by atoms with Crippen LogP contribution in [0.1, 0.15) is 17.4 Å². The van der Waals surface area contributed by atoms with Crippen molar-refractivity contribution in [1.29, 1.82) is 0 Å². The van der Waals surface area contributed by atoms with Gasteiger partial charge < -0.3 is 5.73 Å². The van der Waals surface area contributed by atoms with Crippen molar-refractivity contribution in [3.63, 3.8) is 0 Å². The van der Waals surface area contributed by atoms with Crippen LogP contribution in [-0.2, 0) is 0 Å². The summed E-state index contributed by atoms with van der Waals surface area (Å²) < 4.78 is 1.74.